The zero-order valence-corrected chi connectivity index (χ0v) is 7.61. The molecule has 70 valence electrons. The van der Waals surface area contributed by atoms with E-state index >= 15 is 0 Å². The monoisotopic (exact) mass is 178 g/mol. The van der Waals surface area contributed by atoms with Gasteiger partial charge in [-0.25, -0.2) is 0 Å². The third-order valence-corrected chi connectivity index (χ3v) is 3.61. The number of rotatable bonds is 0. The smallest absolute Gasteiger partial charge is 0.144 e. The maximum Gasteiger partial charge on any atom is 0.144 e. The largest absolute Gasteiger partial charge is 0.365 e. The highest BCUT2D eigenvalue weighted by molar-refractivity contribution is 5.86. The Hall–Kier alpha value is -0.630. The second kappa shape index (κ2) is 2.68. The van der Waals surface area contributed by atoms with Gasteiger partial charge in [0.25, 0.3) is 0 Å². The van der Waals surface area contributed by atoms with Crippen LogP contribution in [0.1, 0.15) is 25.7 Å². The summed E-state index contributed by atoms with van der Waals surface area (Å²) in [6.45, 7) is 0. The number of hydrogen-bond acceptors (Lipinski definition) is 2. The summed E-state index contributed by atoms with van der Waals surface area (Å²) in [4.78, 5) is 12.0. The van der Waals surface area contributed by atoms with E-state index in [1.165, 1.54) is 12.8 Å². The lowest BCUT2D eigenvalue weighted by Crippen LogP contribution is -2.42. The van der Waals surface area contributed by atoms with Crippen molar-refractivity contribution in [2.45, 2.75) is 37.9 Å². The molecule has 0 aromatic carbocycles. The van der Waals surface area contributed by atoms with E-state index < -0.39 is 0 Å². The van der Waals surface area contributed by atoms with Crippen LogP contribution in [0, 0.1) is 11.8 Å². The van der Waals surface area contributed by atoms with E-state index in [0.29, 0.717) is 5.78 Å². The molecule has 0 unspecified atom stereocenters. The van der Waals surface area contributed by atoms with Crippen LogP contribution in [0.5, 0.6) is 0 Å². The summed E-state index contributed by atoms with van der Waals surface area (Å²) >= 11 is 0. The second-order valence-corrected chi connectivity index (χ2v) is 4.35. The predicted octanol–water partition coefficient (Wildman–Crippen LogP) is 1.70. The molecule has 13 heavy (non-hydrogen) atoms. The van der Waals surface area contributed by atoms with Crippen molar-refractivity contribution in [3.63, 3.8) is 0 Å². The van der Waals surface area contributed by atoms with Gasteiger partial charge in [-0.2, -0.15) is 0 Å². The van der Waals surface area contributed by atoms with E-state index in [1.54, 1.807) is 0 Å². The number of ether oxygens (including phenoxy) is 1. The molecule has 0 radical (unpaired) electrons. The van der Waals surface area contributed by atoms with Crippen LogP contribution in [0.4, 0.5) is 0 Å². The average molecular weight is 178 g/mol. The van der Waals surface area contributed by atoms with Crippen LogP contribution in [-0.2, 0) is 9.53 Å². The van der Waals surface area contributed by atoms with Gasteiger partial charge in [0.05, 0.1) is 12.2 Å². The van der Waals surface area contributed by atoms with Crippen LogP contribution in [0.15, 0.2) is 12.2 Å². The molecular formula is C11H14O2. The summed E-state index contributed by atoms with van der Waals surface area (Å²) in [5, 5.41) is 0. The highest BCUT2D eigenvalue weighted by atomic mass is 16.5. The molecular weight excluding hydrogens is 164 g/mol. The van der Waals surface area contributed by atoms with Crippen molar-refractivity contribution in [2.24, 2.45) is 11.8 Å². The molecule has 1 aliphatic carbocycles. The molecule has 4 bridgehead atoms. The van der Waals surface area contributed by atoms with Gasteiger partial charge < -0.3 is 4.74 Å². The van der Waals surface area contributed by atoms with Crippen molar-refractivity contribution in [1.29, 1.82) is 0 Å². The number of fused-ring (bicyclic) bond motifs is 6. The number of Topliss-reactive ketones (excluding diaryl/α,β-unsaturated/α-hetero) is 1. The first-order chi connectivity index (χ1) is 6.36. The molecule has 4 atom stereocenters. The summed E-state index contributed by atoms with van der Waals surface area (Å²) in [5.41, 5.74) is 0. The van der Waals surface area contributed by atoms with Crippen molar-refractivity contribution in [2.75, 3.05) is 0 Å². The van der Waals surface area contributed by atoms with Crippen LogP contribution in [-0.4, -0.2) is 18.0 Å². The van der Waals surface area contributed by atoms with Crippen molar-refractivity contribution in [3.8, 4) is 0 Å². The lowest BCUT2D eigenvalue weighted by molar-refractivity contribution is -0.144. The van der Waals surface area contributed by atoms with Crippen molar-refractivity contribution < 1.29 is 9.53 Å². The summed E-state index contributed by atoms with van der Waals surface area (Å²) in [6, 6.07) is 0. The number of ketones is 1. The molecule has 3 aliphatic rings. The quantitative estimate of drug-likeness (QED) is 0.528. The molecule has 0 aromatic rings. The Kier molecular flexibility index (Phi) is 1.59. The number of carbonyl (C=O) groups excluding carboxylic acids is 1. The summed E-state index contributed by atoms with van der Waals surface area (Å²) in [5.74, 6) is 0.841. The van der Waals surface area contributed by atoms with Crippen molar-refractivity contribution in [3.05, 3.63) is 12.2 Å². The Labute approximate surface area is 78.0 Å². The van der Waals surface area contributed by atoms with Crippen molar-refractivity contribution in [1.82, 2.24) is 0 Å². The van der Waals surface area contributed by atoms with E-state index in [9.17, 15) is 4.79 Å². The van der Waals surface area contributed by atoms with Gasteiger partial charge in [-0.3, -0.25) is 4.79 Å². The fourth-order valence-electron chi connectivity index (χ4n) is 2.89. The van der Waals surface area contributed by atoms with Gasteiger partial charge in [0.2, 0.25) is 0 Å². The molecule has 3 rings (SSSR count). The van der Waals surface area contributed by atoms with Gasteiger partial charge in [0, 0.05) is 11.8 Å². The molecule has 0 amide bonds. The summed E-state index contributed by atoms with van der Waals surface area (Å²) in [7, 11) is 0. The van der Waals surface area contributed by atoms with Gasteiger partial charge >= 0.3 is 0 Å². The van der Waals surface area contributed by atoms with Gasteiger partial charge in [0.15, 0.2) is 0 Å². The molecule has 1 saturated heterocycles. The molecule has 2 nitrogen and oxygen atoms in total. The fourth-order valence-corrected chi connectivity index (χ4v) is 2.89. The molecule has 2 aliphatic heterocycles. The van der Waals surface area contributed by atoms with Crippen molar-refractivity contribution >= 4 is 5.78 Å². The fraction of sp³-hybridized carbons (Fsp3) is 0.727. The van der Waals surface area contributed by atoms with E-state index in [1.807, 2.05) is 0 Å². The van der Waals surface area contributed by atoms with E-state index in [0.717, 1.165) is 12.8 Å². The third-order valence-electron chi connectivity index (χ3n) is 3.61. The second-order valence-electron chi connectivity index (χ2n) is 4.35. The third kappa shape index (κ3) is 1.01. The Morgan fingerprint density at radius 2 is 1.62 bits per heavy atom. The minimum absolute atomic E-state index is 0.117. The van der Waals surface area contributed by atoms with Crippen LogP contribution in [0.25, 0.3) is 0 Å². The Morgan fingerprint density at radius 3 is 2.15 bits per heavy atom. The molecule has 2 heterocycles. The zero-order valence-electron chi connectivity index (χ0n) is 7.61. The first kappa shape index (κ1) is 7.74. The van der Waals surface area contributed by atoms with Gasteiger partial charge in [0.1, 0.15) is 5.78 Å². The molecule has 2 fully saturated rings. The maximum atomic E-state index is 12.0. The lowest BCUT2D eigenvalue weighted by atomic mass is 9.84. The van der Waals surface area contributed by atoms with Crippen LogP contribution in [0.2, 0.25) is 0 Å². The van der Waals surface area contributed by atoms with Gasteiger partial charge in [-0.1, -0.05) is 25.0 Å². The first-order valence-electron chi connectivity index (χ1n) is 5.24. The molecule has 0 N–H and O–H groups in total. The van der Waals surface area contributed by atoms with Crippen LogP contribution < -0.4 is 0 Å². The maximum absolute atomic E-state index is 12.0. The van der Waals surface area contributed by atoms with E-state index in [-0.39, 0.29) is 24.0 Å². The minimum Gasteiger partial charge on any atom is -0.365 e. The average Bonchev–Trinajstić information content (AvgIpc) is 2.51. The SMILES string of the molecule is O=C1[C@@H]2CCCC[C@@H]1[C@@H]1C=C[C@@H]2O1. The highest BCUT2D eigenvalue weighted by Gasteiger charge is 2.46. The summed E-state index contributed by atoms with van der Waals surface area (Å²) in [6.07, 6.45) is 8.91. The van der Waals surface area contributed by atoms with Gasteiger partial charge in [-0.15, -0.1) is 0 Å². The Morgan fingerprint density at radius 1 is 1.08 bits per heavy atom. The standard InChI is InChI=1S/C11H14O2/c12-11-7-3-1-2-4-8(11)10-6-5-9(7)13-10/h5-10H,1-4H2/t7-,8-,9+,10+/m1/s1. The Bertz CT molecular complexity index is 245. The normalized spacial score (nSPS) is 47.8. The molecule has 0 spiro atoms. The zero-order chi connectivity index (χ0) is 8.84. The number of carbonyl (C=O) groups is 1. The van der Waals surface area contributed by atoms with Crippen LogP contribution >= 0.6 is 0 Å². The molecule has 0 aromatic heterocycles. The van der Waals surface area contributed by atoms with Crippen LogP contribution in [0.3, 0.4) is 0 Å². The number of hydrogen-bond donors (Lipinski definition) is 0. The highest BCUT2D eigenvalue weighted by Crippen LogP contribution is 2.40. The first-order valence-corrected chi connectivity index (χ1v) is 5.24. The molecule has 1 saturated carbocycles. The Balaban J connectivity index is 1.99. The lowest BCUT2D eigenvalue weighted by Gasteiger charge is -2.32. The predicted molar refractivity (Wildman–Crippen MR) is 48.3 cm³/mol. The molecule has 2 heteroatoms. The summed E-state index contributed by atoms with van der Waals surface area (Å²) < 4.78 is 5.78. The van der Waals surface area contributed by atoms with E-state index in [2.05, 4.69) is 12.2 Å². The van der Waals surface area contributed by atoms with Gasteiger partial charge in [-0.05, 0) is 12.8 Å². The van der Waals surface area contributed by atoms with E-state index in [4.69, 9.17) is 4.74 Å². The topological polar surface area (TPSA) is 26.3 Å². The minimum atomic E-state index is 0.117.